The standard InChI is InChI=1S/C14H22N2O2/c1-2-6-14(17)15-11-12(13-7-5-10-18-13)16-8-3-4-9-16/h5,7,10,12H,2-4,6,8-9,11H2,1H3,(H,15,17). The van der Waals surface area contributed by atoms with E-state index >= 15 is 0 Å². The van der Waals surface area contributed by atoms with E-state index < -0.39 is 0 Å². The number of hydrogen-bond acceptors (Lipinski definition) is 3. The Hall–Kier alpha value is -1.29. The van der Waals surface area contributed by atoms with Gasteiger partial charge in [0, 0.05) is 13.0 Å². The second kappa shape index (κ2) is 6.59. The summed E-state index contributed by atoms with van der Waals surface area (Å²) < 4.78 is 5.51. The predicted molar refractivity (Wildman–Crippen MR) is 70.2 cm³/mol. The summed E-state index contributed by atoms with van der Waals surface area (Å²) in [4.78, 5) is 14.0. The van der Waals surface area contributed by atoms with Crippen LogP contribution in [0.5, 0.6) is 0 Å². The molecule has 1 atom stereocenters. The molecule has 0 bridgehead atoms. The number of rotatable bonds is 6. The molecule has 1 amide bonds. The fourth-order valence-electron chi connectivity index (χ4n) is 2.47. The van der Waals surface area contributed by atoms with Gasteiger partial charge in [0.2, 0.25) is 5.91 Å². The van der Waals surface area contributed by atoms with Crippen LogP contribution in [0.2, 0.25) is 0 Å². The quantitative estimate of drug-likeness (QED) is 0.843. The molecule has 1 aliphatic heterocycles. The van der Waals surface area contributed by atoms with Gasteiger partial charge in [-0.15, -0.1) is 0 Å². The Morgan fingerprint density at radius 3 is 2.89 bits per heavy atom. The van der Waals surface area contributed by atoms with E-state index in [0.717, 1.165) is 25.3 Å². The minimum atomic E-state index is 0.133. The third-order valence-corrected chi connectivity index (χ3v) is 3.42. The van der Waals surface area contributed by atoms with E-state index in [1.165, 1.54) is 12.8 Å². The minimum absolute atomic E-state index is 0.133. The summed E-state index contributed by atoms with van der Waals surface area (Å²) in [5.74, 6) is 1.09. The van der Waals surface area contributed by atoms with Crippen LogP contribution in [0.15, 0.2) is 22.8 Å². The molecule has 100 valence electrons. The first kappa shape index (κ1) is 13.1. The first-order valence-corrected chi connectivity index (χ1v) is 6.85. The zero-order valence-electron chi connectivity index (χ0n) is 11.0. The Morgan fingerprint density at radius 1 is 1.50 bits per heavy atom. The average Bonchev–Trinajstić information content (AvgIpc) is 3.02. The van der Waals surface area contributed by atoms with E-state index in [-0.39, 0.29) is 11.9 Å². The van der Waals surface area contributed by atoms with Crippen molar-refractivity contribution in [3.05, 3.63) is 24.2 Å². The zero-order chi connectivity index (χ0) is 12.8. The molecule has 1 N–H and O–H groups in total. The molecule has 1 aromatic heterocycles. The lowest BCUT2D eigenvalue weighted by atomic mass is 10.2. The molecule has 2 heterocycles. The van der Waals surface area contributed by atoms with Gasteiger partial charge in [-0.3, -0.25) is 9.69 Å². The molecule has 0 aromatic carbocycles. The lowest BCUT2D eigenvalue weighted by Gasteiger charge is -2.25. The molecule has 1 saturated heterocycles. The van der Waals surface area contributed by atoms with Gasteiger partial charge in [0.1, 0.15) is 5.76 Å². The summed E-state index contributed by atoms with van der Waals surface area (Å²) in [5, 5.41) is 3.01. The largest absolute Gasteiger partial charge is 0.468 e. The highest BCUT2D eigenvalue weighted by Crippen LogP contribution is 2.24. The van der Waals surface area contributed by atoms with E-state index in [1.54, 1.807) is 6.26 Å². The first-order valence-electron chi connectivity index (χ1n) is 6.85. The van der Waals surface area contributed by atoms with Crippen LogP contribution in [-0.4, -0.2) is 30.4 Å². The molecule has 1 aliphatic rings. The van der Waals surface area contributed by atoms with Crippen LogP contribution in [-0.2, 0) is 4.79 Å². The van der Waals surface area contributed by atoms with Gasteiger partial charge in [0.25, 0.3) is 0 Å². The van der Waals surface area contributed by atoms with E-state index in [0.29, 0.717) is 13.0 Å². The number of carbonyl (C=O) groups is 1. The van der Waals surface area contributed by atoms with Crippen LogP contribution >= 0.6 is 0 Å². The molecule has 1 unspecified atom stereocenters. The molecule has 1 aromatic rings. The number of furan rings is 1. The van der Waals surface area contributed by atoms with Gasteiger partial charge in [0.15, 0.2) is 0 Å². The van der Waals surface area contributed by atoms with E-state index in [2.05, 4.69) is 10.2 Å². The van der Waals surface area contributed by atoms with Gasteiger partial charge in [-0.25, -0.2) is 0 Å². The second-order valence-electron chi connectivity index (χ2n) is 4.83. The van der Waals surface area contributed by atoms with E-state index in [9.17, 15) is 4.79 Å². The highest BCUT2D eigenvalue weighted by atomic mass is 16.3. The SMILES string of the molecule is CCCC(=O)NCC(c1ccco1)N1CCCC1. The van der Waals surface area contributed by atoms with Crippen molar-refractivity contribution in [2.45, 2.75) is 38.6 Å². The number of nitrogens with zero attached hydrogens (tertiary/aromatic N) is 1. The first-order chi connectivity index (χ1) is 8.81. The molecule has 2 rings (SSSR count). The van der Waals surface area contributed by atoms with Crippen LogP contribution in [0.25, 0.3) is 0 Å². The third kappa shape index (κ3) is 3.35. The molecule has 4 nitrogen and oxygen atoms in total. The van der Waals surface area contributed by atoms with Crippen LogP contribution in [0.1, 0.15) is 44.4 Å². The van der Waals surface area contributed by atoms with Crippen LogP contribution in [0.3, 0.4) is 0 Å². The van der Waals surface area contributed by atoms with Crippen molar-refractivity contribution in [2.24, 2.45) is 0 Å². The van der Waals surface area contributed by atoms with E-state index in [1.807, 2.05) is 19.1 Å². The topological polar surface area (TPSA) is 45.5 Å². The highest BCUT2D eigenvalue weighted by Gasteiger charge is 2.25. The van der Waals surface area contributed by atoms with Crippen molar-refractivity contribution in [1.82, 2.24) is 10.2 Å². The molecule has 1 fully saturated rings. The Kier molecular flexibility index (Phi) is 4.81. The van der Waals surface area contributed by atoms with Crippen molar-refractivity contribution in [3.63, 3.8) is 0 Å². The summed E-state index contributed by atoms with van der Waals surface area (Å²) in [7, 11) is 0. The molecule has 18 heavy (non-hydrogen) atoms. The van der Waals surface area contributed by atoms with Gasteiger partial charge < -0.3 is 9.73 Å². The van der Waals surface area contributed by atoms with Crippen molar-refractivity contribution in [2.75, 3.05) is 19.6 Å². The number of amides is 1. The Morgan fingerprint density at radius 2 is 2.28 bits per heavy atom. The average molecular weight is 250 g/mol. The molecule has 0 radical (unpaired) electrons. The fraction of sp³-hybridized carbons (Fsp3) is 0.643. The smallest absolute Gasteiger partial charge is 0.220 e. The minimum Gasteiger partial charge on any atom is -0.468 e. The maximum atomic E-state index is 11.6. The predicted octanol–water partition coefficient (Wildman–Crippen LogP) is 2.33. The summed E-state index contributed by atoms with van der Waals surface area (Å²) in [5.41, 5.74) is 0. The Balaban J connectivity index is 1.94. The molecule has 4 heteroatoms. The van der Waals surface area contributed by atoms with Gasteiger partial charge in [-0.05, 0) is 44.5 Å². The summed E-state index contributed by atoms with van der Waals surface area (Å²) in [6.07, 6.45) is 5.67. The fourth-order valence-corrected chi connectivity index (χ4v) is 2.47. The lowest BCUT2D eigenvalue weighted by molar-refractivity contribution is -0.121. The second-order valence-corrected chi connectivity index (χ2v) is 4.83. The maximum Gasteiger partial charge on any atom is 0.220 e. The van der Waals surface area contributed by atoms with Crippen molar-refractivity contribution < 1.29 is 9.21 Å². The van der Waals surface area contributed by atoms with Gasteiger partial charge in [-0.1, -0.05) is 6.92 Å². The molecule has 0 spiro atoms. The number of nitrogens with one attached hydrogen (secondary N) is 1. The summed E-state index contributed by atoms with van der Waals surface area (Å²) in [6, 6.07) is 4.09. The third-order valence-electron chi connectivity index (χ3n) is 3.42. The van der Waals surface area contributed by atoms with E-state index in [4.69, 9.17) is 4.42 Å². The van der Waals surface area contributed by atoms with Gasteiger partial charge >= 0.3 is 0 Å². The van der Waals surface area contributed by atoms with Gasteiger partial charge in [-0.2, -0.15) is 0 Å². The van der Waals surface area contributed by atoms with Crippen LogP contribution in [0.4, 0.5) is 0 Å². The number of carbonyl (C=O) groups excluding carboxylic acids is 1. The number of hydrogen-bond donors (Lipinski definition) is 1. The summed E-state index contributed by atoms with van der Waals surface area (Å²) in [6.45, 7) is 4.85. The lowest BCUT2D eigenvalue weighted by Crippen LogP contribution is -2.36. The molecular weight excluding hydrogens is 228 g/mol. The van der Waals surface area contributed by atoms with Crippen molar-refractivity contribution in [3.8, 4) is 0 Å². The van der Waals surface area contributed by atoms with Crippen molar-refractivity contribution >= 4 is 5.91 Å². The van der Waals surface area contributed by atoms with Gasteiger partial charge in [0.05, 0.1) is 12.3 Å². The summed E-state index contributed by atoms with van der Waals surface area (Å²) >= 11 is 0. The van der Waals surface area contributed by atoms with Crippen LogP contribution in [0, 0.1) is 0 Å². The maximum absolute atomic E-state index is 11.6. The monoisotopic (exact) mass is 250 g/mol. The van der Waals surface area contributed by atoms with Crippen molar-refractivity contribution in [1.29, 1.82) is 0 Å². The molecule has 0 saturated carbocycles. The van der Waals surface area contributed by atoms with Crippen LogP contribution < -0.4 is 5.32 Å². The molecular formula is C14H22N2O2. The zero-order valence-corrected chi connectivity index (χ0v) is 11.0. The Bertz CT molecular complexity index is 356. The Labute approximate surface area is 108 Å². The number of likely N-dealkylation sites (tertiary alicyclic amines) is 1. The normalized spacial score (nSPS) is 17.8. The molecule has 0 aliphatic carbocycles. The highest BCUT2D eigenvalue weighted by molar-refractivity contribution is 5.75.